The number of rotatable bonds is 5. The normalized spacial score (nSPS) is 12.5. The van der Waals surface area contributed by atoms with E-state index < -0.39 is 0 Å². The van der Waals surface area contributed by atoms with Crippen molar-refractivity contribution in [2.75, 3.05) is 0 Å². The molecule has 1 N–H and O–H groups in total. The van der Waals surface area contributed by atoms with E-state index in [1.54, 1.807) is 6.92 Å². The number of carbonyl (C=O) groups is 1. The smallest absolute Gasteiger partial charge is 0.217 e. The van der Waals surface area contributed by atoms with E-state index in [9.17, 15) is 4.79 Å². The molecular weight excluding hydrogens is 198 g/mol. The molecular formula is C14H21NO. The summed E-state index contributed by atoms with van der Waals surface area (Å²) in [5.41, 5.74) is 1.28. The summed E-state index contributed by atoms with van der Waals surface area (Å²) in [7, 11) is 0. The molecule has 0 heterocycles. The molecule has 1 aromatic rings. The van der Waals surface area contributed by atoms with Gasteiger partial charge in [-0.25, -0.2) is 0 Å². The first kappa shape index (κ1) is 12.8. The molecule has 0 aliphatic carbocycles. The average molecular weight is 219 g/mol. The molecule has 0 saturated heterocycles. The Balaban J connectivity index is 2.59. The van der Waals surface area contributed by atoms with Crippen LogP contribution in [-0.2, 0) is 11.2 Å². The van der Waals surface area contributed by atoms with E-state index in [1.807, 2.05) is 18.2 Å². The predicted molar refractivity (Wildman–Crippen MR) is 67.2 cm³/mol. The van der Waals surface area contributed by atoms with Crippen LogP contribution in [0.5, 0.6) is 0 Å². The fourth-order valence-electron chi connectivity index (χ4n) is 1.95. The maximum Gasteiger partial charge on any atom is 0.217 e. The lowest BCUT2D eigenvalue weighted by molar-refractivity contribution is -0.119. The van der Waals surface area contributed by atoms with Gasteiger partial charge in [-0.15, -0.1) is 0 Å². The predicted octanol–water partition coefficient (Wildman–Crippen LogP) is 2.78. The lowest BCUT2D eigenvalue weighted by atomic mass is 9.97. The van der Waals surface area contributed by atoms with E-state index in [1.165, 1.54) is 5.56 Å². The van der Waals surface area contributed by atoms with Crippen LogP contribution in [0.2, 0.25) is 0 Å². The highest BCUT2D eigenvalue weighted by atomic mass is 16.1. The van der Waals surface area contributed by atoms with Crippen LogP contribution in [-0.4, -0.2) is 11.9 Å². The topological polar surface area (TPSA) is 29.1 Å². The fraction of sp³-hybridized carbons (Fsp3) is 0.500. The average Bonchev–Trinajstić information content (AvgIpc) is 2.16. The molecule has 1 unspecified atom stereocenters. The summed E-state index contributed by atoms with van der Waals surface area (Å²) in [5, 5.41) is 3.02. The van der Waals surface area contributed by atoms with E-state index in [-0.39, 0.29) is 11.9 Å². The Bertz CT molecular complexity index is 319. The Morgan fingerprint density at radius 3 is 2.38 bits per heavy atom. The van der Waals surface area contributed by atoms with E-state index in [4.69, 9.17) is 0 Å². The Kier molecular flexibility index (Phi) is 5.03. The molecule has 1 rings (SSSR count). The summed E-state index contributed by atoms with van der Waals surface area (Å²) in [6.07, 6.45) is 1.94. The van der Waals surface area contributed by atoms with Crippen LogP contribution < -0.4 is 5.32 Å². The first-order valence-electron chi connectivity index (χ1n) is 5.89. The van der Waals surface area contributed by atoms with Crippen molar-refractivity contribution < 1.29 is 4.79 Å². The van der Waals surface area contributed by atoms with Crippen molar-refractivity contribution >= 4 is 5.91 Å². The van der Waals surface area contributed by atoms with Gasteiger partial charge >= 0.3 is 0 Å². The third kappa shape index (κ3) is 4.96. The van der Waals surface area contributed by atoms with Gasteiger partial charge in [0.2, 0.25) is 5.91 Å². The van der Waals surface area contributed by atoms with E-state index in [0.29, 0.717) is 5.92 Å². The molecule has 0 aromatic heterocycles. The molecule has 2 heteroatoms. The minimum atomic E-state index is 0.0570. The third-order valence-electron chi connectivity index (χ3n) is 2.49. The first-order chi connectivity index (χ1) is 7.58. The molecule has 88 valence electrons. The molecule has 1 atom stereocenters. The molecule has 0 fully saturated rings. The molecule has 0 radical (unpaired) electrons. The van der Waals surface area contributed by atoms with Crippen molar-refractivity contribution in [1.82, 2.24) is 5.32 Å². The zero-order valence-electron chi connectivity index (χ0n) is 10.4. The molecule has 16 heavy (non-hydrogen) atoms. The van der Waals surface area contributed by atoms with Crippen molar-refractivity contribution in [1.29, 1.82) is 0 Å². The number of amides is 1. The van der Waals surface area contributed by atoms with Gasteiger partial charge in [-0.05, 0) is 24.3 Å². The molecule has 1 amide bonds. The molecule has 2 nitrogen and oxygen atoms in total. The SMILES string of the molecule is CC(=O)NC(Cc1ccccc1)CC(C)C. The van der Waals surface area contributed by atoms with Gasteiger partial charge < -0.3 is 5.32 Å². The number of nitrogens with one attached hydrogen (secondary N) is 1. The quantitative estimate of drug-likeness (QED) is 0.810. The van der Waals surface area contributed by atoms with E-state index in [2.05, 4.69) is 31.3 Å². The molecule has 0 aliphatic rings. The monoisotopic (exact) mass is 219 g/mol. The zero-order valence-corrected chi connectivity index (χ0v) is 10.4. The Morgan fingerprint density at radius 2 is 1.88 bits per heavy atom. The van der Waals surface area contributed by atoms with Crippen molar-refractivity contribution in [3.05, 3.63) is 35.9 Å². The minimum Gasteiger partial charge on any atom is -0.353 e. The summed E-state index contributed by atoms with van der Waals surface area (Å²) in [6, 6.07) is 10.6. The van der Waals surface area contributed by atoms with Gasteiger partial charge in [-0.1, -0.05) is 44.2 Å². The second-order valence-electron chi connectivity index (χ2n) is 4.72. The van der Waals surface area contributed by atoms with Crippen LogP contribution in [0.25, 0.3) is 0 Å². The lowest BCUT2D eigenvalue weighted by Crippen LogP contribution is -2.35. The molecule has 1 aromatic carbocycles. The summed E-state index contributed by atoms with van der Waals surface area (Å²) in [5.74, 6) is 0.655. The largest absolute Gasteiger partial charge is 0.353 e. The van der Waals surface area contributed by atoms with E-state index in [0.717, 1.165) is 12.8 Å². The van der Waals surface area contributed by atoms with Crippen LogP contribution in [0.15, 0.2) is 30.3 Å². The highest BCUT2D eigenvalue weighted by molar-refractivity contribution is 5.73. The maximum absolute atomic E-state index is 11.1. The second-order valence-corrected chi connectivity index (χ2v) is 4.72. The Hall–Kier alpha value is -1.31. The summed E-state index contributed by atoms with van der Waals surface area (Å²) in [4.78, 5) is 11.1. The van der Waals surface area contributed by atoms with Crippen LogP contribution >= 0.6 is 0 Å². The first-order valence-corrected chi connectivity index (χ1v) is 5.89. The van der Waals surface area contributed by atoms with Gasteiger partial charge in [0.1, 0.15) is 0 Å². The van der Waals surface area contributed by atoms with Gasteiger partial charge in [0.05, 0.1) is 0 Å². The minimum absolute atomic E-state index is 0.0570. The number of hydrogen-bond acceptors (Lipinski definition) is 1. The van der Waals surface area contributed by atoms with Gasteiger partial charge in [-0.3, -0.25) is 4.79 Å². The number of hydrogen-bond donors (Lipinski definition) is 1. The van der Waals surface area contributed by atoms with Gasteiger partial charge in [0.15, 0.2) is 0 Å². The van der Waals surface area contributed by atoms with E-state index >= 15 is 0 Å². The van der Waals surface area contributed by atoms with Gasteiger partial charge in [0, 0.05) is 13.0 Å². The van der Waals surface area contributed by atoms with Crippen molar-refractivity contribution in [3.8, 4) is 0 Å². The van der Waals surface area contributed by atoms with Crippen molar-refractivity contribution in [2.45, 2.75) is 39.7 Å². The lowest BCUT2D eigenvalue weighted by Gasteiger charge is -2.19. The summed E-state index contributed by atoms with van der Waals surface area (Å²) >= 11 is 0. The number of carbonyl (C=O) groups excluding carboxylic acids is 1. The highest BCUT2D eigenvalue weighted by Crippen LogP contribution is 2.11. The van der Waals surface area contributed by atoms with Gasteiger partial charge in [-0.2, -0.15) is 0 Å². The zero-order chi connectivity index (χ0) is 12.0. The third-order valence-corrected chi connectivity index (χ3v) is 2.49. The fourth-order valence-corrected chi connectivity index (χ4v) is 1.95. The van der Waals surface area contributed by atoms with Crippen molar-refractivity contribution in [3.63, 3.8) is 0 Å². The standard InChI is InChI=1S/C14H21NO/c1-11(2)9-14(15-12(3)16)10-13-7-5-4-6-8-13/h4-8,11,14H,9-10H2,1-3H3,(H,15,16). The maximum atomic E-state index is 11.1. The Morgan fingerprint density at radius 1 is 1.25 bits per heavy atom. The van der Waals surface area contributed by atoms with Gasteiger partial charge in [0.25, 0.3) is 0 Å². The Labute approximate surface area is 98.1 Å². The second kappa shape index (κ2) is 6.31. The van der Waals surface area contributed by atoms with Crippen LogP contribution in [0.4, 0.5) is 0 Å². The molecule has 0 saturated carbocycles. The summed E-state index contributed by atoms with van der Waals surface area (Å²) in [6.45, 7) is 5.94. The highest BCUT2D eigenvalue weighted by Gasteiger charge is 2.12. The molecule has 0 aliphatic heterocycles. The van der Waals surface area contributed by atoms with Crippen LogP contribution in [0.3, 0.4) is 0 Å². The number of benzene rings is 1. The molecule has 0 spiro atoms. The van der Waals surface area contributed by atoms with Crippen LogP contribution in [0.1, 0.15) is 32.8 Å². The van der Waals surface area contributed by atoms with Crippen molar-refractivity contribution in [2.24, 2.45) is 5.92 Å². The molecule has 0 bridgehead atoms. The van der Waals surface area contributed by atoms with Crippen LogP contribution in [0, 0.1) is 5.92 Å². The summed E-state index contributed by atoms with van der Waals surface area (Å²) < 4.78 is 0.